The Morgan fingerprint density at radius 2 is 1.70 bits per heavy atom. The van der Waals surface area contributed by atoms with E-state index in [0.29, 0.717) is 13.2 Å². The molecule has 1 fully saturated rings. The summed E-state index contributed by atoms with van der Waals surface area (Å²) in [4.78, 5) is 15.5. The van der Waals surface area contributed by atoms with Crippen LogP contribution in [0.25, 0.3) is 0 Å². The molecule has 1 amide bonds. The van der Waals surface area contributed by atoms with Gasteiger partial charge in [0.2, 0.25) is 5.91 Å². The minimum Gasteiger partial charge on any atom is -0.350 e. The summed E-state index contributed by atoms with van der Waals surface area (Å²) >= 11 is 6.67. The Hall–Kier alpha value is -1.10. The first kappa shape index (κ1) is 28.1. The van der Waals surface area contributed by atoms with E-state index in [1.54, 1.807) is 0 Å². The minimum atomic E-state index is -0.506. The van der Waals surface area contributed by atoms with Crippen molar-refractivity contribution in [3.05, 3.63) is 29.8 Å². The van der Waals surface area contributed by atoms with E-state index in [-0.39, 0.29) is 18.3 Å². The standard InChI is InChI=1S/C28H46ClNO3/c1-4-7-10-12-16-23-17-14-15-19-26(23)30(28(31)25(29)18-13-11-8-5-2)21-24-22-32-27(33-24)20-9-6-3/h14-15,17,19,24-25,27H,4-13,16,18,20-22H2,1-3H3. The molecule has 0 aromatic heterocycles. The number of hydrogen-bond acceptors (Lipinski definition) is 3. The number of halogens is 1. The monoisotopic (exact) mass is 479 g/mol. The predicted molar refractivity (Wildman–Crippen MR) is 139 cm³/mol. The van der Waals surface area contributed by atoms with Gasteiger partial charge in [0.1, 0.15) is 11.5 Å². The normalized spacial score (nSPS) is 19.0. The molecule has 3 unspecified atom stereocenters. The van der Waals surface area contributed by atoms with E-state index >= 15 is 0 Å². The highest BCUT2D eigenvalue weighted by atomic mass is 35.5. The average Bonchev–Trinajstić information content (AvgIpc) is 3.29. The van der Waals surface area contributed by atoms with Crippen molar-refractivity contribution in [3.63, 3.8) is 0 Å². The fourth-order valence-corrected chi connectivity index (χ4v) is 4.68. The third-order valence-electron chi connectivity index (χ3n) is 6.42. The predicted octanol–water partition coefficient (Wildman–Crippen LogP) is 7.65. The third kappa shape index (κ3) is 9.96. The topological polar surface area (TPSA) is 38.8 Å². The number of anilines is 1. The average molecular weight is 480 g/mol. The number of unbranched alkanes of at least 4 members (excludes halogenated alkanes) is 7. The van der Waals surface area contributed by atoms with Gasteiger partial charge in [0.05, 0.1) is 13.2 Å². The van der Waals surface area contributed by atoms with Gasteiger partial charge in [-0.1, -0.05) is 90.3 Å². The molecule has 1 saturated heterocycles. The Kier molecular flexibility index (Phi) is 14.1. The summed E-state index contributed by atoms with van der Waals surface area (Å²) in [5.41, 5.74) is 2.21. The smallest absolute Gasteiger partial charge is 0.245 e. The van der Waals surface area contributed by atoms with Crippen LogP contribution < -0.4 is 4.90 Å². The van der Waals surface area contributed by atoms with Crippen LogP contribution in [0.5, 0.6) is 0 Å². The van der Waals surface area contributed by atoms with Crippen molar-refractivity contribution in [2.45, 2.75) is 122 Å². The molecule has 1 aromatic carbocycles. The first-order valence-electron chi connectivity index (χ1n) is 13.4. The molecule has 1 aliphatic rings. The van der Waals surface area contributed by atoms with Crippen molar-refractivity contribution in [1.82, 2.24) is 0 Å². The van der Waals surface area contributed by atoms with E-state index in [0.717, 1.165) is 57.1 Å². The molecule has 4 nitrogen and oxygen atoms in total. The molecule has 1 aliphatic heterocycles. The number of para-hydroxylation sites is 1. The van der Waals surface area contributed by atoms with Crippen LogP contribution in [-0.4, -0.2) is 36.8 Å². The summed E-state index contributed by atoms with van der Waals surface area (Å²) in [6.45, 7) is 7.62. The zero-order valence-corrected chi connectivity index (χ0v) is 22.0. The molecule has 0 spiro atoms. The molecule has 0 radical (unpaired) electrons. The number of nitrogens with zero attached hydrogens (tertiary/aromatic N) is 1. The van der Waals surface area contributed by atoms with Crippen LogP contribution in [0.15, 0.2) is 24.3 Å². The van der Waals surface area contributed by atoms with Gasteiger partial charge in [-0.05, 0) is 43.7 Å². The van der Waals surface area contributed by atoms with Gasteiger partial charge in [-0.25, -0.2) is 0 Å². The van der Waals surface area contributed by atoms with E-state index in [2.05, 4.69) is 39.0 Å². The number of amides is 1. The first-order chi connectivity index (χ1) is 16.1. The maximum atomic E-state index is 13.6. The summed E-state index contributed by atoms with van der Waals surface area (Å²) in [7, 11) is 0. The molecule has 5 heteroatoms. The van der Waals surface area contributed by atoms with Crippen LogP contribution in [0.2, 0.25) is 0 Å². The van der Waals surface area contributed by atoms with Gasteiger partial charge in [0, 0.05) is 5.69 Å². The number of carbonyl (C=O) groups is 1. The Morgan fingerprint density at radius 3 is 2.42 bits per heavy atom. The Bertz CT molecular complexity index is 668. The molecule has 1 aromatic rings. The highest BCUT2D eigenvalue weighted by Gasteiger charge is 2.32. The molecule has 3 atom stereocenters. The maximum Gasteiger partial charge on any atom is 0.245 e. The van der Waals surface area contributed by atoms with Gasteiger partial charge in [0.15, 0.2) is 6.29 Å². The van der Waals surface area contributed by atoms with Crippen LogP contribution in [0.4, 0.5) is 5.69 Å². The fraction of sp³-hybridized carbons (Fsp3) is 0.750. The second-order valence-corrected chi connectivity index (χ2v) is 9.90. The first-order valence-corrected chi connectivity index (χ1v) is 13.8. The van der Waals surface area contributed by atoms with Crippen molar-refractivity contribution in [3.8, 4) is 0 Å². The summed E-state index contributed by atoms with van der Waals surface area (Å²) in [6.07, 6.45) is 13.8. The van der Waals surface area contributed by atoms with Crippen LogP contribution in [0, 0.1) is 0 Å². The summed E-state index contributed by atoms with van der Waals surface area (Å²) in [5, 5.41) is -0.506. The van der Waals surface area contributed by atoms with Crippen molar-refractivity contribution in [2.24, 2.45) is 0 Å². The molecule has 33 heavy (non-hydrogen) atoms. The molecular formula is C28H46ClNO3. The lowest BCUT2D eigenvalue weighted by Gasteiger charge is -2.29. The van der Waals surface area contributed by atoms with Gasteiger partial charge in [0.25, 0.3) is 0 Å². The Morgan fingerprint density at radius 1 is 1.00 bits per heavy atom. The molecule has 0 saturated carbocycles. The second-order valence-electron chi connectivity index (χ2n) is 9.37. The van der Waals surface area contributed by atoms with E-state index < -0.39 is 5.38 Å². The van der Waals surface area contributed by atoms with Crippen LogP contribution in [0.3, 0.4) is 0 Å². The van der Waals surface area contributed by atoms with Crippen LogP contribution in [0.1, 0.15) is 103 Å². The van der Waals surface area contributed by atoms with Gasteiger partial charge in [-0.15, -0.1) is 11.6 Å². The number of alkyl halides is 1. The zero-order valence-electron chi connectivity index (χ0n) is 21.2. The van der Waals surface area contributed by atoms with Gasteiger partial charge in [-0.2, -0.15) is 0 Å². The van der Waals surface area contributed by atoms with E-state index in [1.165, 1.54) is 37.7 Å². The largest absolute Gasteiger partial charge is 0.350 e. The van der Waals surface area contributed by atoms with Gasteiger partial charge >= 0.3 is 0 Å². The van der Waals surface area contributed by atoms with E-state index in [4.69, 9.17) is 21.1 Å². The number of hydrogen-bond donors (Lipinski definition) is 0. The van der Waals surface area contributed by atoms with Crippen molar-refractivity contribution >= 4 is 23.2 Å². The molecule has 0 aliphatic carbocycles. The summed E-state index contributed by atoms with van der Waals surface area (Å²) < 4.78 is 12.0. The molecular weight excluding hydrogens is 434 g/mol. The van der Waals surface area contributed by atoms with E-state index in [9.17, 15) is 4.79 Å². The minimum absolute atomic E-state index is 0.00483. The SMILES string of the molecule is CCCCCCc1ccccc1N(CC1COC(CCCC)O1)C(=O)C(Cl)CCCCCC. The Labute approximate surface area is 207 Å². The summed E-state index contributed by atoms with van der Waals surface area (Å²) in [6, 6.07) is 8.31. The molecule has 0 bridgehead atoms. The van der Waals surface area contributed by atoms with Crippen molar-refractivity contribution < 1.29 is 14.3 Å². The lowest BCUT2D eigenvalue weighted by atomic mass is 10.0. The Balaban J connectivity index is 2.13. The fourth-order valence-electron chi connectivity index (χ4n) is 4.41. The zero-order chi connectivity index (χ0) is 23.9. The van der Waals surface area contributed by atoms with Gasteiger partial charge < -0.3 is 14.4 Å². The van der Waals surface area contributed by atoms with Gasteiger partial charge in [-0.3, -0.25) is 4.79 Å². The highest BCUT2D eigenvalue weighted by molar-refractivity contribution is 6.32. The number of carbonyl (C=O) groups excluding carboxylic acids is 1. The maximum absolute atomic E-state index is 13.6. The number of benzene rings is 1. The molecule has 188 valence electrons. The van der Waals surface area contributed by atoms with E-state index in [1.807, 2.05) is 11.0 Å². The lowest BCUT2D eigenvalue weighted by Crippen LogP contribution is -2.43. The van der Waals surface area contributed by atoms with Crippen LogP contribution >= 0.6 is 11.6 Å². The van der Waals surface area contributed by atoms with Crippen LogP contribution in [-0.2, 0) is 20.7 Å². The molecule has 0 N–H and O–H groups in total. The summed E-state index contributed by atoms with van der Waals surface area (Å²) in [5.74, 6) is -0.00483. The second kappa shape index (κ2) is 16.5. The highest BCUT2D eigenvalue weighted by Crippen LogP contribution is 2.28. The lowest BCUT2D eigenvalue weighted by molar-refractivity contribution is -0.119. The molecule has 2 rings (SSSR count). The number of aryl methyl sites for hydroxylation is 1. The third-order valence-corrected chi connectivity index (χ3v) is 6.82. The quantitative estimate of drug-likeness (QED) is 0.170. The molecule has 1 heterocycles. The van der Waals surface area contributed by atoms with Crippen molar-refractivity contribution in [1.29, 1.82) is 0 Å². The number of ether oxygens (including phenoxy) is 2. The number of rotatable bonds is 17. The van der Waals surface area contributed by atoms with Crippen molar-refractivity contribution in [2.75, 3.05) is 18.1 Å².